The first-order valence-electron chi connectivity index (χ1n) is 14.2. The van der Waals surface area contributed by atoms with Crippen LogP contribution >= 0.6 is 0 Å². The van der Waals surface area contributed by atoms with Gasteiger partial charge in [0, 0.05) is 23.1 Å². The standard InChI is InChI=1S/C32H47NO4/c1-9-19(10-2)13-20-26-22(14-24(34)28(20)36)30(5,6)17-32(26)18-31(7,8)23-15-25(35)29(37)21(27(23)32)16-33(11-3)12-4/h14-15,19,34-37H,9-13,16-18H2,1-8H3. The molecule has 204 valence electrons. The van der Waals surface area contributed by atoms with E-state index in [4.69, 9.17) is 0 Å². The molecule has 0 amide bonds. The van der Waals surface area contributed by atoms with Crippen molar-refractivity contribution in [2.45, 2.75) is 110 Å². The summed E-state index contributed by atoms with van der Waals surface area (Å²) in [4.78, 5) is 2.27. The molecule has 1 spiro atoms. The Kier molecular flexibility index (Phi) is 7.03. The normalized spacial score (nSPS) is 21.2. The number of hydrogen-bond donors (Lipinski definition) is 4. The van der Waals surface area contributed by atoms with Gasteiger partial charge in [-0.15, -0.1) is 0 Å². The Hall–Kier alpha value is -2.40. The molecule has 0 saturated carbocycles. The van der Waals surface area contributed by atoms with E-state index >= 15 is 0 Å². The summed E-state index contributed by atoms with van der Waals surface area (Å²) in [7, 11) is 0. The number of nitrogens with zero attached hydrogens (tertiary/aromatic N) is 1. The fourth-order valence-corrected chi connectivity index (χ4v) is 7.72. The molecule has 2 aliphatic rings. The summed E-state index contributed by atoms with van der Waals surface area (Å²) in [6, 6.07) is 3.56. The first-order chi connectivity index (χ1) is 17.3. The van der Waals surface area contributed by atoms with Crippen LogP contribution in [0.3, 0.4) is 0 Å². The maximum atomic E-state index is 11.3. The van der Waals surface area contributed by atoms with Gasteiger partial charge in [0.15, 0.2) is 23.0 Å². The highest BCUT2D eigenvalue weighted by Crippen LogP contribution is 2.67. The molecule has 5 nitrogen and oxygen atoms in total. The third kappa shape index (κ3) is 4.18. The van der Waals surface area contributed by atoms with Gasteiger partial charge in [0.25, 0.3) is 0 Å². The molecule has 4 rings (SSSR count). The van der Waals surface area contributed by atoms with Gasteiger partial charge in [-0.1, -0.05) is 68.2 Å². The second-order valence-electron chi connectivity index (χ2n) is 12.8. The molecule has 0 saturated heterocycles. The van der Waals surface area contributed by atoms with E-state index in [1.54, 1.807) is 12.1 Å². The Morgan fingerprint density at radius 2 is 1.16 bits per heavy atom. The van der Waals surface area contributed by atoms with Gasteiger partial charge in [-0.3, -0.25) is 4.90 Å². The van der Waals surface area contributed by atoms with E-state index in [1.807, 2.05) is 0 Å². The van der Waals surface area contributed by atoms with E-state index in [2.05, 4.69) is 60.3 Å². The van der Waals surface area contributed by atoms with Gasteiger partial charge < -0.3 is 20.4 Å². The van der Waals surface area contributed by atoms with Gasteiger partial charge in [0.05, 0.1) is 0 Å². The molecule has 0 bridgehead atoms. The third-order valence-electron chi connectivity index (χ3n) is 9.59. The lowest BCUT2D eigenvalue weighted by atomic mass is 9.69. The number of hydrogen-bond acceptors (Lipinski definition) is 5. The van der Waals surface area contributed by atoms with Gasteiger partial charge in [-0.25, -0.2) is 0 Å². The van der Waals surface area contributed by atoms with Crippen molar-refractivity contribution >= 4 is 0 Å². The number of fused-ring (bicyclic) bond motifs is 4. The average Bonchev–Trinajstić information content (AvgIpc) is 3.18. The first-order valence-corrected chi connectivity index (χ1v) is 14.2. The monoisotopic (exact) mass is 509 g/mol. The average molecular weight is 510 g/mol. The van der Waals surface area contributed by atoms with E-state index in [1.165, 1.54) is 0 Å². The fraction of sp³-hybridized carbons (Fsp3) is 0.625. The molecule has 0 heterocycles. The maximum absolute atomic E-state index is 11.3. The number of phenolic OH excluding ortho intramolecular Hbond substituents is 4. The number of rotatable bonds is 8. The molecule has 0 radical (unpaired) electrons. The van der Waals surface area contributed by atoms with Crippen LogP contribution in [0.25, 0.3) is 0 Å². The molecule has 1 unspecified atom stereocenters. The van der Waals surface area contributed by atoms with E-state index in [-0.39, 0.29) is 33.8 Å². The van der Waals surface area contributed by atoms with E-state index < -0.39 is 5.41 Å². The van der Waals surface area contributed by atoms with Crippen LogP contribution in [0, 0.1) is 5.92 Å². The summed E-state index contributed by atoms with van der Waals surface area (Å²) >= 11 is 0. The first kappa shape index (κ1) is 27.6. The quantitative estimate of drug-likeness (QED) is 0.289. The summed E-state index contributed by atoms with van der Waals surface area (Å²) in [5.41, 5.74) is 5.17. The predicted molar refractivity (Wildman–Crippen MR) is 150 cm³/mol. The van der Waals surface area contributed by atoms with Crippen molar-refractivity contribution in [2.75, 3.05) is 13.1 Å². The SMILES string of the molecule is CCC(CC)Cc1c(O)c(O)cc2c1C1(CC2(C)C)CC(C)(C)c2cc(O)c(O)c(CN(CC)CC)c21. The van der Waals surface area contributed by atoms with Crippen LogP contribution in [-0.4, -0.2) is 38.4 Å². The predicted octanol–water partition coefficient (Wildman–Crippen LogP) is 6.98. The highest BCUT2D eigenvalue weighted by atomic mass is 16.3. The summed E-state index contributed by atoms with van der Waals surface area (Å²) in [6.45, 7) is 19.7. The minimum Gasteiger partial charge on any atom is -0.504 e. The van der Waals surface area contributed by atoms with Crippen molar-refractivity contribution in [2.24, 2.45) is 5.92 Å². The molecular formula is C32H47NO4. The number of benzene rings is 2. The minimum absolute atomic E-state index is 0.00211. The molecule has 37 heavy (non-hydrogen) atoms. The van der Waals surface area contributed by atoms with E-state index in [0.29, 0.717) is 18.9 Å². The van der Waals surface area contributed by atoms with E-state index in [0.717, 1.165) is 72.2 Å². The molecule has 2 aromatic carbocycles. The molecule has 4 N–H and O–H groups in total. The van der Waals surface area contributed by atoms with Crippen LogP contribution in [0.1, 0.15) is 114 Å². The molecule has 0 aliphatic heterocycles. The van der Waals surface area contributed by atoms with Crippen molar-refractivity contribution in [3.05, 3.63) is 45.5 Å². The summed E-state index contributed by atoms with van der Waals surface area (Å²) in [5, 5.41) is 44.4. The second kappa shape index (κ2) is 9.41. The van der Waals surface area contributed by atoms with E-state index in [9.17, 15) is 20.4 Å². The van der Waals surface area contributed by atoms with Crippen molar-refractivity contribution in [1.29, 1.82) is 0 Å². The topological polar surface area (TPSA) is 84.2 Å². The van der Waals surface area contributed by atoms with Crippen molar-refractivity contribution < 1.29 is 20.4 Å². The van der Waals surface area contributed by atoms with Crippen LogP contribution in [-0.2, 0) is 29.2 Å². The summed E-state index contributed by atoms with van der Waals surface area (Å²) in [6.07, 6.45) is 4.35. The van der Waals surface area contributed by atoms with Gasteiger partial charge in [0.2, 0.25) is 0 Å². The minimum atomic E-state index is -0.433. The van der Waals surface area contributed by atoms with Crippen LogP contribution < -0.4 is 0 Å². The Balaban J connectivity index is 2.12. The van der Waals surface area contributed by atoms with Crippen LogP contribution in [0.2, 0.25) is 0 Å². The van der Waals surface area contributed by atoms with Gasteiger partial charge in [-0.05, 0) is 83.5 Å². The van der Waals surface area contributed by atoms with Crippen LogP contribution in [0.5, 0.6) is 23.0 Å². The Morgan fingerprint density at radius 1 is 0.730 bits per heavy atom. The molecule has 0 fully saturated rings. The van der Waals surface area contributed by atoms with Gasteiger partial charge >= 0.3 is 0 Å². The highest BCUT2D eigenvalue weighted by molar-refractivity contribution is 5.70. The zero-order valence-electron chi connectivity index (χ0n) is 24.1. The zero-order valence-corrected chi connectivity index (χ0v) is 24.1. The lowest BCUT2D eigenvalue weighted by molar-refractivity contribution is 0.283. The molecule has 1 atom stereocenters. The molecule has 2 aromatic rings. The number of phenols is 4. The largest absolute Gasteiger partial charge is 0.504 e. The fourth-order valence-electron chi connectivity index (χ4n) is 7.72. The second-order valence-corrected chi connectivity index (χ2v) is 12.8. The van der Waals surface area contributed by atoms with Crippen molar-refractivity contribution in [1.82, 2.24) is 4.90 Å². The Bertz CT molecular complexity index is 1090. The van der Waals surface area contributed by atoms with Crippen LogP contribution in [0.4, 0.5) is 0 Å². The number of aromatic hydroxyl groups is 4. The van der Waals surface area contributed by atoms with Crippen molar-refractivity contribution in [3.63, 3.8) is 0 Å². The van der Waals surface area contributed by atoms with Crippen LogP contribution in [0.15, 0.2) is 12.1 Å². The third-order valence-corrected chi connectivity index (χ3v) is 9.59. The molecule has 2 aliphatic carbocycles. The Labute approximate surface area is 223 Å². The highest BCUT2D eigenvalue weighted by Gasteiger charge is 2.59. The Morgan fingerprint density at radius 3 is 1.59 bits per heavy atom. The molecular weight excluding hydrogens is 462 g/mol. The van der Waals surface area contributed by atoms with Gasteiger partial charge in [0.1, 0.15) is 0 Å². The molecule has 5 heteroatoms. The summed E-state index contributed by atoms with van der Waals surface area (Å²) < 4.78 is 0. The van der Waals surface area contributed by atoms with Gasteiger partial charge in [-0.2, -0.15) is 0 Å². The molecule has 0 aromatic heterocycles. The van der Waals surface area contributed by atoms with Crippen molar-refractivity contribution in [3.8, 4) is 23.0 Å². The smallest absolute Gasteiger partial charge is 0.162 e. The zero-order chi connectivity index (χ0) is 27.5. The summed E-state index contributed by atoms with van der Waals surface area (Å²) in [5.74, 6) is 0.268. The maximum Gasteiger partial charge on any atom is 0.162 e. The lowest BCUT2D eigenvalue weighted by Crippen LogP contribution is -2.30. The lowest BCUT2D eigenvalue weighted by Gasteiger charge is -2.34.